The molecule has 80 valence electrons. The first-order valence-electron chi connectivity index (χ1n) is 4.80. The second-order valence-corrected chi connectivity index (χ2v) is 3.07. The first-order chi connectivity index (χ1) is 7.29. The number of carboxylic acids is 1. The predicted molar refractivity (Wildman–Crippen MR) is 57.5 cm³/mol. The molecule has 0 saturated carbocycles. The van der Waals surface area contributed by atoms with Crippen molar-refractivity contribution in [2.45, 2.75) is 13.0 Å². The van der Waals surface area contributed by atoms with Crippen LogP contribution in [0.5, 0.6) is 0 Å². The van der Waals surface area contributed by atoms with Gasteiger partial charge in [0.15, 0.2) is 0 Å². The van der Waals surface area contributed by atoms with Crippen molar-refractivity contribution in [2.24, 2.45) is 0 Å². The normalized spacial score (nSPS) is 10.7. The number of aliphatic carboxylic acids is 1. The summed E-state index contributed by atoms with van der Waals surface area (Å²) in [5.41, 5.74) is 1.12. The molecule has 1 N–H and O–H groups in total. The second-order valence-electron chi connectivity index (χ2n) is 3.07. The fourth-order valence-corrected chi connectivity index (χ4v) is 1.10. The first kappa shape index (κ1) is 11.5. The highest BCUT2D eigenvalue weighted by atomic mass is 16.5. The average Bonchev–Trinajstić information content (AvgIpc) is 2.24. The molecule has 0 spiro atoms. The maximum absolute atomic E-state index is 10.1. The quantitative estimate of drug-likeness (QED) is 0.573. The summed E-state index contributed by atoms with van der Waals surface area (Å²) in [5.74, 6) is -0.918. The lowest BCUT2D eigenvalue weighted by atomic mass is 10.2. The Morgan fingerprint density at radius 2 is 2.07 bits per heavy atom. The number of hydrogen-bond donors (Lipinski definition) is 1. The Bertz CT molecular complexity index is 317. The van der Waals surface area contributed by atoms with Crippen LogP contribution in [0.25, 0.3) is 0 Å². The van der Waals surface area contributed by atoms with Crippen molar-refractivity contribution in [3.63, 3.8) is 0 Å². The number of carboxylic acid groups (broad SMARTS) is 1. The van der Waals surface area contributed by atoms with E-state index in [1.165, 1.54) is 0 Å². The van der Waals surface area contributed by atoms with Gasteiger partial charge < -0.3 is 9.84 Å². The molecule has 0 aliphatic heterocycles. The molecule has 0 aliphatic rings. The topological polar surface area (TPSA) is 46.5 Å². The van der Waals surface area contributed by atoms with Crippen LogP contribution in [0.15, 0.2) is 42.5 Å². The summed E-state index contributed by atoms with van der Waals surface area (Å²) >= 11 is 0. The molecule has 0 heterocycles. The van der Waals surface area contributed by atoms with Crippen LogP contribution >= 0.6 is 0 Å². The van der Waals surface area contributed by atoms with Crippen LogP contribution in [-0.4, -0.2) is 17.7 Å². The van der Waals surface area contributed by atoms with Gasteiger partial charge >= 0.3 is 5.97 Å². The highest BCUT2D eigenvalue weighted by molar-refractivity contribution is 5.79. The lowest BCUT2D eigenvalue weighted by Crippen LogP contribution is -1.94. The Balaban J connectivity index is 2.10. The van der Waals surface area contributed by atoms with Crippen molar-refractivity contribution in [3.8, 4) is 0 Å². The molecular formula is C12H14O3. The van der Waals surface area contributed by atoms with E-state index in [-0.39, 0.29) is 0 Å². The van der Waals surface area contributed by atoms with Crippen LogP contribution in [-0.2, 0) is 16.1 Å². The number of hydrogen-bond acceptors (Lipinski definition) is 2. The summed E-state index contributed by atoms with van der Waals surface area (Å²) in [5, 5.41) is 8.32. The number of benzene rings is 1. The summed E-state index contributed by atoms with van der Waals surface area (Å²) in [7, 11) is 0. The third kappa shape index (κ3) is 5.65. The summed E-state index contributed by atoms with van der Waals surface area (Å²) in [6.45, 7) is 1.11. The maximum Gasteiger partial charge on any atom is 0.327 e. The minimum atomic E-state index is -0.918. The fourth-order valence-electron chi connectivity index (χ4n) is 1.10. The van der Waals surface area contributed by atoms with E-state index in [2.05, 4.69) is 0 Å². The second kappa shape index (κ2) is 6.79. The molecule has 0 fully saturated rings. The van der Waals surface area contributed by atoms with Gasteiger partial charge in [0.25, 0.3) is 0 Å². The zero-order valence-electron chi connectivity index (χ0n) is 8.43. The summed E-state index contributed by atoms with van der Waals surface area (Å²) in [4.78, 5) is 10.1. The van der Waals surface area contributed by atoms with Crippen molar-refractivity contribution in [3.05, 3.63) is 48.0 Å². The van der Waals surface area contributed by atoms with Crippen LogP contribution < -0.4 is 0 Å². The molecule has 0 atom stereocenters. The maximum atomic E-state index is 10.1. The molecule has 0 radical (unpaired) electrons. The number of carbonyl (C=O) groups is 1. The molecule has 1 rings (SSSR count). The van der Waals surface area contributed by atoms with Gasteiger partial charge in [-0.05, 0) is 12.0 Å². The first-order valence-corrected chi connectivity index (χ1v) is 4.80. The average molecular weight is 206 g/mol. The molecule has 0 aliphatic carbocycles. The molecular weight excluding hydrogens is 192 g/mol. The van der Waals surface area contributed by atoms with Crippen molar-refractivity contribution in [2.75, 3.05) is 6.61 Å². The van der Waals surface area contributed by atoms with Crippen LogP contribution in [0, 0.1) is 0 Å². The van der Waals surface area contributed by atoms with Crippen molar-refractivity contribution >= 4 is 5.97 Å². The summed E-state index contributed by atoms with van der Waals surface area (Å²) < 4.78 is 5.36. The standard InChI is InChI=1S/C12H14O3/c13-12(14)8-4-5-9-15-10-11-6-2-1-3-7-11/h1-4,6-8H,5,9-10H2,(H,13,14)/b8-4+. The van der Waals surface area contributed by atoms with E-state index in [1.54, 1.807) is 6.08 Å². The molecule has 0 unspecified atom stereocenters. The van der Waals surface area contributed by atoms with Gasteiger partial charge in [-0.25, -0.2) is 4.79 Å². The Kier molecular flexibility index (Phi) is 5.19. The van der Waals surface area contributed by atoms with E-state index in [0.717, 1.165) is 11.6 Å². The zero-order valence-corrected chi connectivity index (χ0v) is 8.43. The van der Waals surface area contributed by atoms with Crippen molar-refractivity contribution < 1.29 is 14.6 Å². The molecule has 3 heteroatoms. The predicted octanol–water partition coefficient (Wildman–Crippen LogP) is 2.23. The van der Waals surface area contributed by atoms with Crippen LogP contribution in [0.1, 0.15) is 12.0 Å². The van der Waals surface area contributed by atoms with Crippen molar-refractivity contribution in [1.82, 2.24) is 0 Å². The Hall–Kier alpha value is -1.61. The Labute approximate surface area is 89.0 Å². The number of rotatable bonds is 6. The van der Waals surface area contributed by atoms with Gasteiger partial charge in [0, 0.05) is 6.08 Å². The molecule has 1 aromatic rings. The van der Waals surface area contributed by atoms with Crippen LogP contribution in [0.2, 0.25) is 0 Å². The van der Waals surface area contributed by atoms with E-state index in [0.29, 0.717) is 19.6 Å². The van der Waals surface area contributed by atoms with Gasteiger partial charge in [0.05, 0.1) is 13.2 Å². The summed E-state index contributed by atoms with van der Waals surface area (Å²) in [6.07, 6.45) is 3.35. The molecule has 0 saturated heterocycles. The van der Waals surface area contributed by atoms with Gasteiger partial charge in [-0.2, -0.15) is 0 Å². The van der Waals surface area contributed by atoms with E-state index >= 15 is 0 Å². The highest BCUT2D eigenvalue weighted by Crippen LogP contribution is 2.00. The lowest BCUT2D eigenvalue weighted by Gasteiger charge is -2.01. The van der Waals surface area contributed by atoms with E-state index in [1.807, 2.05) is 30.3 Å². The van der Waals surface area contributed by atoms with Gasteiger partial charge in [-0.3, -0.25) is 0 Å². The SMILES string of the molecule is O=C(O)/C=C/CCOCc1ccccc1. The third-order valence-corrected chi connectivity index (χ3v) is 1.80. The molecule has 15 heavy (non-hydrogen) atoms. The summed E-state index contributed by atoms with van der Waals surface area (Å²) in [6, 6.07) is 9.87. The van der Waals surface area contributed by atoms with E-state index in [4.69, 9.17) is 9.84 Å². The highest BCUT2D eigenvalue weighted by Gasteiger charge is 1.90. The molecule has 0 bridgehead atoms. The minimum Gasteiger partial charge on any atom is -0.478 e. The Morgan fingerprint density at radius 1 is 1.33 bits per heavy atom. The smallest absolute Gasteiger partial charge is 0.327 e. The largest absolute Gasteiger partial charge is 0.478 e. The fraction of sp³-hybridized carbons (Fsp3) is 0.250. The van der Waals surface area contributed by atoms with Crippen LogP contribution in [0.4, 0.5) is 0 Å². The molecule has 3 nitrogen and oxygen atoms in total. The molecule has 1 aromatic carbocycles. The van der Waals surface area contributed by atoms with E-state index in [9.17, 15) is 4.79 Å². The van der Waals surface area contributed by atoms with Gasteiger partial charge in [-0.15, -0.1) is 0 Å². The Morgan fingerprint density at radius 3 is 2.73 bits per heavy atom. The van der Waals surface area contributed by atoms with Gasteiger partial charge in [0.2, 0.25) is 0 Å². The van der Waals surface area contributed by atoms with Gasteiger partial charge in [-0.1, -0.05) is 36.4 Å². The van der Waals surface area contributed by atoms with Gasteiger partial charge in [0.1, 0.15) is 0 Å². The minimum absolute atomic E-state index is 0.540. The van der Waals surface area contributed by atoms with E-state index < -0.39 is 5.97 Å². The van der Waals surface area contributed by atoms with Crippen molar-refractivity contribution in [1.29, 1.82) is 0 Å². The monoisotopic (exact) mass is 206 g/mol. The molecule has 0 amide bonds. The van der Waals surface area contributed by atoms with Crippen LogP contribution in [0.3, 0.4) is 0 Å². The third-order valence-electron chi connectivity index (χ3n) is 1.80. The zero-order chi connectivity index (χ0) is 10.9. The molecule has 0 aromatic heterocycles. The number of ether oxygens (including phenoxy) is 1. The lowest BCUT2D eigenvalue weighted by molar-refractivity contribution is -0.131.